The molecule has 2 aliphatic heterocycles. The van der Waals surface area contributed by atoms with Crippen LogP contribution in [0.2, 0.25) is 0 Å². The molecule has 186 valence electrons. The van der Waals surface area contributed by atoms with Crippen LogP contribution < -0.4 is 5.32 Å². The van der Waals surface area contributed by atoms with Crippen molar-refractivity contribution in [2.24, 2.45) is 5.92 Å². The van der Waals surface area contributed by atoms with Crippen LogP contribution in [0.4, 0.5) is 4.79 Å². The van der Waals surface area contributed by atoms with Crippen LogP contribution in [0.1, 0.15) is 54.9 Å². The van der Waals surface area contributed by atoms with Crippen molar-refractivity contribution in [2.45, 2.75) is 84.7 Å². The van der Waals surface area contributed by atoms with Crippen molar-refractivity contribution in [3.8, 4) is 0 Å². The summed E-state index contributed by atoms with van der Waals surface area (Å²) < 4.78 is 15.2. The number of hydrogen-bond acceptors (Lipinski definition) is 8. The molecule has 0 bridgehead atoms. The van der Waals surface area contributed by atoms with Crippen molar-refractivity contribution in [1.29, 1.82) is 0 Å². The molecule has 2 saturated heterocycles. The predicted molar refractivity (Wildman–Crippen MR) is 116 cm³/mol. The summed E-state index contributed by atoms with van der Waals surface area (Å²) in [5, 5.41) is 2.59. The van der Waals surface area contributed by atoms with Crippen LogP contribution in [0.3, 0.4) is 0 Å². The van der Waals surface area contributed by atoms with Gasteiger partial charge in [-0.1, -0.05) is 13.8 Å². The Bertz CT molecular complexity index is 767. The van der Waals surface area contributed by atoms with Gasteiger partial charge < -0.3 is 29.3 Å². The lowest BCUT2D eigenvalue weighted by atomic mass is 10.0. The van der Waals surface area contributed by atoms with Crippen LogP contribution >= 0.6 is 0 Å². The number of amides is 3. The third kappa shape index (κ3) is 6.82. The Morgan fingerprint density at radius 3 is 1.91 bits per heavy atom. The lowest BCUT2D eigenvalue weighted by Gasteiger charge is -2.24. The zero-order chi connectivity index (χ0) is 25.1. The second-order valence-electron chi connectivity index (χ2n) is 9.47. The third-order valence-corrected chi connectivity index (χ3v) is 5.00. The third-order valence-electron chi connectivity index (χ3n) is 5.00. The van der Waals surface area contributed by atoms with E-state index in [2.05, 4.69) is 5.32 Å². The molecular formula is C22H35N3O8. The topological polar surface area (TPSA) is 131 Å². The Labute approximate surface area is 194 Å². The Kier molecular flexibility index (Phi) is 8.31. The van der Waals surface area contributed by atoms with E-state index in [0.29, 0.717) is 6.42 Å². The number of nitrogens with zero attached hydrogens (tertiary/aromatic N) is 2. The number of esters is 2. The number of hydrogen-bond donors (Lipinski definition) is 1. The molecule has 2 heterocycles. The van der Waals surface area contributed by atoms with E-state index in [1.165, 1.54) is 4.90 Å². The Morgan fingerprint density at radius 1 is 0.970 bits per heavy atom. The fraction of sp³-hybridized carbons (Fsp3) is 0.773. The molecule has 0 aromatic carbocycles. The average molecular weight is 470 g/mol. The first-order valence-corrected chi connectivity index (χ1v) is 11.3. The molecule has 0 saturated carbocycles. The van der Waals surface area contributed by atoms with Gasteiger partial charge in [0.1, 0.15) is 17.7 Å². The molecular weight excluding hydrogens is 434 g/mol. The zero-order valence-corrected chi connectivity index (χ0v) is 20.4. The molecule has 0 spiro atoms. The maximum atomic E-state index is 13.0. The number of carbonyl (C=O) groups excluding carboxylic acids is 5. The molecule has 4 atom stereocenters. The van der Waals surface area contributed by atoms with Gasteiger partial charge in [0.2, 0.25) is 11.8 Å². The molecule has 33 heavy (non-hydrogen) atoms. The van der Waals surface area contributed by atoms with Gasteiger partial charge in [0.25, 0.3) is 0 Å². The van der Waals surface area contributed by atoms with Gasteiger partial charge in [-0.25, -0.2) is 14.4 Å². The van der Waals surface area contributed by atoms with Crippen LogP contribution in [-0.4, -0.2) is 89.2 Å². The normalized spacial score (nSPS) is 22.4. The molecule has 0 aromatic rings. The summed E-state index contributed by atoms with van der Waals surface area (Å²) in [6.45, 7) is 12.6. The van der Waals surface area contributed by atoms with Gasteiger partial charge in [-0.15, -0.1) is 0 Å². The van der Waals surface area contributed by atoms with Gasteiger partial charge in [0.05, 0.1) is 19.8 Å². The molecule has 0 aromatic heterocycles. The van der Waals surface area contributed by atoms with Crippen molar-refractivity contribution >= 4 is 29.8 Å². The monoisotopic (exact) mass is 469 g/mol. The van der Waals surface area contributed by atoms with Gasteiger partial charge in [-0.2, -0.15) is 0 Å². The first-order chi connectivity index (χ1) is 15.3. The van der Waals surface area contributed by atoms with Crippen molar-refractivity contribution in [1.82, 2.24) is 15.1 Å². The van der Waals surface area contributed by atoms with Crippen molar-refractivity contribution in [3.05, 3.63) is 0 Å². The summed E-state index contributed by atoms with van der Waals surface area (Å²) in [5.41, 5.74) is -0.725. The molecule has 1 N–H and O–H groups in total. The van der Waals surface area contributed by atoms with E-state index in [1.54, 1.807) is 34.6 Å². The average Bonchev–Trinajstić information content (AvgIpc) is 3.57. The zero-order valence-electron chi connectivity index (χ0n) is 20.4. The molecule has 2 aliphatic rings. The van der Waals surface area contributed by atoms with E-state index in [4.69, 9.17) is 14.2 Å². The van der Waals surface area contributed by atoms with Crippen LogP contribution in [-0.2, 0) is 33.4 Å². The number of carbonyl (C=O) groups is 5. The van der Waals surface area contributed by atoms with Gasteiger partial charge in [-0.05, 0) is 47.0 Å². The number of rotatable bonds is 9. The predicted octanol–water partition coefficient (Wildman–Crippen LogP) is 0.842. The standard InChI is InChI=1S/C22H35N3O8/c1-8-31-19(28)15-16(20(29)32-9-2)25(15)18(27)14-11-24(14)17(26)13(10-12(3)4)23-21(30)33-22(5,6)7/h12-16H,8-11H2,1-7H3,(H,23,30)/t13-,14+,15+,16+,24?/m1/s1. The lowest BCUT2D eigenvalue weighted by molar-refractivity contribution is -0.147. The molecule has 11 heteroatoms. The largest absolute Gasteiger partial charge is 0.464 e. The molecule has 2 rings (SSSR count). The van der Waals surface area contributed by atoms with Gasteiger partial charge >= 0.3 is 18.0 Å². The highest BCUT2D eigenvalue weighted by molar-refractivity contribution is 6.05. The van der Waals surface area contributed by atoms with Crippen molar-refractivity contribution in [2.75, 3.05) is 19.8 Å². The Hall–Kier alpha value is -2.85. The van der Waals surface area contributed by atoms with Crippen molar-refractivity contribution in [3.63, 3.8) is 0 Å². The second-order valence-corrected chi connectivity index (χ2v) is 9.47. The molecule has 0 radical (unpaired) electrons. The highest BCUT2D eigenvalue weighted by Crippen LogP contribution is 2.35. The minimum absolute atomic E-state index is 0.0940. The van der Waals surface area contributed by atoms with Crippen LogP contribution in [0.5, 0.6) is 0 Å². The summed E-state index contributed by atoms with van der Waals surface area (Å²) >= 11 is 0. The highest BCUT2D eigenvalue weighted by Gasteiger charge is 2.65. The SMILES string of the molecule is CCOC(=O)[C@@H]1[C@@H](C(=O)OCC)N1C(=O)[C@@H]1CN1C(=O)[C@@H](CC(C)C)NC(=O)OC(C)(C)C. The quantitative estimate of drug-likeness (QED) is 0.299. The minimum Gasteiger partial charge on any atom is -0.464 e. The number of ether oxygens (including phenoxy) is 3. The smallest absolute Gasteiger partial charge is 0.408 e. The number of alkyl carbamates (subject to hydrolysis) is 1. The summed E-state index contributed by atoms with van der Waals surface area (Å²) in [5.74, 6) is -2.23. The first kappa shape index (κ1) is 26.4. The highest BCUT2D eigenvalue weighted by atomic mass is 16.6. The maximum Gasteiger partial charge on any atom is 0.408 e. The fourth-order valence-electron chi connectivity index (χ4n) is 3.55. The summed E-state index contributed by atoms with van der Waals surface area (Å²) in [4.78, 5) is 65.0. The molecule has 0 unspecified atom stereocenters. The minimum atomic E-state index is -1.06. The Balaban J connectivity index is 2.07. The van der Waals surface area contributed by atoms with Gasteiger partial charge in [0.15, 0.2) is 12.1 Å². The Morgan fingerprint density at radius 2 is 1.48 bits per heavy atom. The maximum absolute atomic E-state index is 13.0. The van der Waals surface area contributed by atoms with E-state index in [-0.39, 0.29) is 25.7 Å². The molecule has 2 fully saturated rings. The van der Waals surface area contributed by atoms with E-state index in [1.807, 2.05) is 13.8 Å². The summed E-state index contributed by atoms with van der Waals surface area (Å²) in [7, 11) is 0. The molecule has 0 aliphatic carbocycles. The van der Waals surface area contributed by atoms with Crippen LogP contribution in [0.25, 0.3) is 0 Å². The van der Waals surface area contributed by atoms with Crippen LogP contribution in [0, 0.1) is 5.92 Å². The fourth-order valence-corrected chi connectivity index (χ4v) is 3.55. The van der Waals surface area contributed by atoms with E-state index in [0.717, 1.165) is 4.90 Å². The summed E-state index contributed by atoms with van der Waals surface area (Å²) in [6, 6.07) is -3.79. The first-order valence-electron chi connectivity index (χ1n) is 11.3. The van der Waals surface area contributed by atoms with Crippen molar-refractivity contribution < 1.29 is 38.2 Å². The lowest BCUT2D eigenvalue weighted by Crippen LogP contribution is -2.47. The van der Waals surface area contributed by atoms with E-state index < -0.39 is 59.6 Å². The van der Waals surface area contributed by atoms with E-state index in [9.17, 15) is 24.0 Å². The van der Waals surface area contributed by atoms with E-state index >= 15 is 0 Å². The van der Waals surface area contributed by atoms with Gasteiger partial charge in [-0.3, -0.25) is 9.59 Å². The van der Waals surface area contributed by atoms with Crippen LogP contribution in [0.15, 0.2) is 0 Å². The second kappa shape index (κ2) is 10.4. The number of nitrogens with one attached hydrogen (secondary N) is 1. The van der Waals surface area contributed by atoms with Gasteiger partial charge in [0, 0.05) is 0 Å². The molecule has 3 amide bonds. The summed E-state index contributed by atoms with van der Waals surface area (Å²) in [6.07, 6.45) is -0.363. The molecule has 11 nitrogen and oxygen atoms in total.